The molecular formula is C17H16BrClN2O3. The number of hydrogen-bond acceptors (Lipinski definition) is 4. The summed E-state index contributed by atoms with van der Waals surface area (Å²) >= 11 is 9.37. The zero-order valence-corrected chi connectivity index (χ0v) is 15.6. The Labute approximate surface area is 153 Å². The average molecular weight is 412 g/mol. The number of ether oxygens (including phenoxy) is 1. The fourth-order valence-electron chi connectivity index (χ4n) is 2.05. The maximum atomic E-state index is 12.0. The normalized spacial score (nSPS) is 10.3. The Kier molecular flexibility index (Phi) is 6.29. The van der Waals surface area contributed by atoms with Crippen molar-refractivity contribution in [2.45, 2.75) is 26.7 Å². The third-order valence-corrected chi connectivity index (χ3v) is 4.24. The van der Waals surface area contributed by atoms with Gasteiger partial charge in [-0.15, -0.1) is 0 Å². The number of hydrogen-bond donors (Lipinski definition) is 1. The molecule has 7 heteroatoms. The van der Waals surface area contributed by atoms with Crippen LogP contribution in [0.2, 0.25) is 5.02 Å². The molecule has 1 heterocycles. The molecule has 0 bridgehead atoms. The van der Waals surface area contributed by atoms with Crippen LogP contribution in [0.15, 0.2) is 27.1 Å². The van der Waals surface area contributed by atoms with Gasteiger partial charge in [0.2, 0.25) is 11.8 Å². The Morgan fingerprint density at radius 2 is 2.21 bits per heavy atom. The van der Waals surface area contributed by atoms with Crippen molar-refractivity contribution in [1.82, 2.24) is 0 Å². The summed E-state index contributed by atoms with van der Waals surface area (Å²) in [6.07, 6.45) is 0.761. The summed E-state index contributed by atoms with van der Waals surface area (Å²) in [5.41, 5.74) is 1.10. The topological polar surface area (TPSA) is 75.3 Å². The highest BCUT2D eigenvalue weighted by molar-refractivity contribution is 9.10. The van der Waals surface area contributed by atoms with E-state index in [2.05, 4.69) is 21.2 Å². The van der Waals surface area contributed by atoms with Crippen molar-refractivity contribution >= 4 is 39.3 Å². The van der Waals surface area contributed by atoms with Gasteiger partial charge in [0, 0.05) is 16.5 Å². The quantitative estimate of drug-likeness (QED) is 0.680. The van der Waals surface area contributed by atoms with Gasteiger partial charge in [-0.05, 0) is 38.5 Å². The van der Waals surface area contributed by atoms with E-state index in [1.54, 1.807) is 26.0 Å². The van der Waals surface area contributed by atoms with Crippen LogP contribution < -0.4 is 10.1 Å². The molecule has 126 valence electrons. The molecular weight excluding hydrogens is 396 g/mol. The lowest BCUT2D eigenvalue weighted by atomic mass is 10.2. The van der Waals surface area contributed by atoms with E-state index in [9.17, 15) is 4.79 Å². The molecule has 0 aliphatic carbocycles. The summed E-state index contributed by atoms with van der Waals surface area (Å²) in [5.74, 6) is 1.17. The van der Waals surface area contributed by atoms with Crippen molar-refractivity contribution in [3.8, 4) is 11.8 Å². The maximum Gasteiger partial charge on any atom is 0.226 e. The van der Waals surface area contributed by atoms with Crippen LogP contribution in [-0.4, -0.2) is 12.5 Å². The van der Waals surface area contributed by atoms with Gasteiger partial charge in [0.25, 0.3) is 0 Å². The second kappa shape index (κ2) is 8.22. The van der Waals surface area contributed by atoms with Crippen LogP contribution in [0.1, 0.15) is 29.7 Å². The van der Waals surface area contributed by atoms with E-state index >= 15 is 0 Å². The predicted octanol–water partition coefficient (Wildman–Crippen LogP) is 4.98. The number of amides is 1. The van der Waals surface area contributed by atoms with Crippen LogP contribution in [0.25, 0.3) is 0 Å². The molecule has 0 spiro atoms. The van der Waals surface area contributed by atoms with Crippen molar-refractivity contribution < 1.29 is 13.9 Å². The minimum Gasteiger partial charge on any atom is -0.492 e. The van der Waals surface area contributed by atoms with Gasteiger partial charge in [-0.2, -0.15) is 5.26 Å². The van der Waals surface area contributed by atoms with Crippen molar-refractivity contribution in [2.75, 3.05) is 11.9 Å². The Morgan fingerprint density at radius 3 is 2.88 bits per heavy atom. The molecule has 24 heavy (non-hydrogen) atoms. The molecule has 1 N–H and O–H groups in total. The monoisotopic (exact) mass is 410 g/mol. The molecule has 2 rings (SSSR count). The molecule has 1 amide bonds. The van der Waals surface area contributed by atoms with Crippen molar-refractivity contribution in [2.24, 2.45) is 0 Å². The number of furan rings is 1. The zero-order valence-electron chi connectivity index (χ0n) is 13.3. The van der Waals surface area contributed by atoms with Crippen molar-refractivity contribution in [1.29, 1.82) is 5.26 Å². The Balaban J connectivity index is 1.82. The Hall–Kier alpha value is -1.97. The molecule has 1 aromatic carbocycles. The maximum absolute atomic E-state index is 12.0. The summed E-state index contributed by atoms with van der Waals surface area (Å²) < 4.78 is 11.8. The highest BCUT2D eigenvalue weighted by Crippen LogP contribution is 2.28. The van der Waals surface area contributed by atoms with Gasteiger partial charge in [-0.25, -0.2) is 0 Å². The summed E-state index contributed by atoms with van der Waals surface area (Å²) in [6.45, 7) is 3.89. The minimum atomic E-state index is -0.231. The fraction of sp³-hybridized carbons (Fsp3) is 0.294. The van der Waals surface area contributed by atoms with Gasteiger partial charge >= 0.3 is 0 Å². The molecule has 0 atom stereocenters. The summed E-state index contributed by atoms with van der Waals surface area (Å²) in [4.78, 5) is 12.0. The molecule has 0 radical (unpaired) electrons. The van der Waals surface area contributed by atoms with Gasteiger partial charge in [0.1, 0.15) is 23.1 Å². The average Bonchev–Trinajstić information content (AvgIpc) is 2.79. The zero-order chi connectivity index (χ0) is 17.7. The van der Waals surface area contributed by atoms with Crippen molar-refractivity contribution in [3.63, 3.8) is 0 Å². The SMILES string of the molecule is Cc1oc(NC(=O)CCCOc2ccc(Br)cc2Cl)c(C#N)c1C. The smallest absolute Gasteiger partial charge is 0.226 e. The van der Waals surface area contributed by atoms with E-state index in [0.717, 1.165) is 10.0 Å². The fourth-order valence-corrected chi connectivity index (χ4v) is 2.77. The van der Waals surface area contributed by atoms with Gasteiger partial charge < -0.3 is 9.15 Å². The van der Waals surface area contributed by atoms with Gasteiger partial charge in [0.05, 0.1) is 11.6 Å². The third-order valence-electron chi connectivity index (χ3n) is 3.45. The lowest BCUT2D eigenvalue weighted by molar-refractivity contribution is -0.116. The number of nitrogens with zero attached hydrogens (tertiary/aromatic N) is 1. The number of carbonyl (C=O) groups is 1. The molecule has 2 aromatic rings. The van der Waals surface area contributed by atoms with E-state index in [1.165, 1.54) is 0 Å². The molecule has 5 nitrogen and oxygen atoms in total. The highest BCUT2D eigenvalue weighted by atomic mass is 79.9. The number of anilines is 1. The number of halogens is 2. The van der Waals surface area contributed by atoms with Gasteiger partial charge in [-0.3, -0.25) is 10.1 Å². The first-order chi connectivity index (χ1) is 11.4. The summed E-state index contributed by atoms with van der Waals surface area (Å²) in [7, 11) is 0. The number of nitrogens with one attached hydrogen (secondary N) is 1. The number of carbonyl (C=O) groups excluding carboxylic acids is 1. The van der Waals surface area contributed by atoms with Crippen LogP contribution in [0.5, 0.6) is 5.75 Å². The lowest BCUT2D eigenvalue weighted by Gasteiger charge is -2.08. The molecule has 0 saturated carbocycles. The van der Waals surface area contributed by atoms with E-state index in [4.69, 9.17) is 26.0 Å². The summed E-state index contributed by atoms with van der Waals surface area (Å²) in [6, 6.07) is 7.38. The second-order valence-electron chi connectivity index (χ2n) is 5.17. The standard InChI is InChI=1S/C17H16BrClN2O3/c1-10-11(2)24-17(13(10)9-20)21-16(22)4-3-7-23-15-6-5-12(18)8-14(15)19/h5-6,8H,3-4,7H2,1-2H3,(H,21,22). The van der Waals surface area contributed by atoms with Crippen LogP contribution in [0.3, 0.4) is 0 Å². The number of rotatable bonds is 6. The lowest BCUT2D eigenvalue weighted by Crippen LogP contribution is -2.13. The Bertz CT molecular complexity index is 796. The third kappa shape index (κ3) is 4.53. The van der Waals surface area contributed by atoms with E-state index in [0.29, 0.717) is 35.1 Å². The Morgan fingerprint density at radius 1 is 1.46 bits per heavy atom. The van der Waals surface area contributed by atoms with Crippen LogP contribution in [0, 0.1) is 25.2 Å². The predicted molar refractivity (Wildman–Crippen MR) is 95.4 cm³/mol. The van der Waals surface area contributed by atoms with E-state index in [-0.39, 0.29) is 18.2 Å². The molecule has 0 unspecified atom stereocenters. The van der Waals surface area contributed by atoms with Crippen LogP contribution in [0.4, 0.5) is 5.88 Å². The van der Waals surface area contributed by atoms with Gasteiger partial charge in [0.15, 0.2) is 0 Å². The van der Waals surface area contributed by atoms with Crippen molar-refractivity contribution in [3.05, 3.63) is 44.6 Å². The molecule has 0 fully saturated rings. The van der Waals surface area contributed by atoms with Crippen LogP contribution >= 0.6 is 27.5 Å². The molecule has 1 aromatic heterocycles. The number of aryl methyl sites for hydroxylation is 1. The highest BCUT2D eigenvalue weighted by Gasteiger charge is 2.16. The number of nitriles is 1. The molecule has 0 saturated heterocycles. The van der Waals surface area contributed by atoms with Gasteiger partial charge in [-0.1, -0.05) is 27.5 Å². The largest absolute Gasteiger partial charge is 0.492 e. The van der Waals surface area contributed by atoms with Crippen LogP contribution in [-0.2, 0) is 4.79 Å². The number of benzene rings is 1. The molecule has 0 aliphatic heterocycles. The van der Waals surface area contributed by atoms with E-state index in [1.807, 2.05) is 12.1 Å². The molecule has 0 aliphatic rings. The first kappa shape index (κ1) is 18.4. The second-order valence-corrected chi connectivity index (χ2v) is 6.50. The first-order valence-corrected chi connectivity index (χ1v) is 8.47. The van der Waals surface area contributed by atoms with E-state index < -0.39 is 0 Å². The minimum absolute atomic E-state index is 0.203. The first-order valence-electron chi connectivity index (χ1n) is 7.30. The summed E-state index contributed by atoms with van der Waals surface area (Å²) in [5, 5.41) is 12.2.